The topological polar surface area (TPSA) is 101 Å². The predicted molar refractivity (Wildman–Crippen MR) is 110 cm³/mol. The summed E-state index contributed by atoms with van der Waals surface area (Å²) >= 11 is 1.29. The fourth-order valence-corrected chi connectivity index (χ4v) is 3.41. The molecule has 8 heteroatoms. The van der Waals surface area contributed by atoms with Crippen molar-refractivity contribution in [3.63, 3.8) is 0 Å². The second kappa shape index (κ2) is 9.18. The summed E-state index contributed by atoms with van der Waals surface area (Å²) in [7, 11) is 0. The van der Waals surface area contributed by atoms with Crippen LogP contribution in [0.15, 0.2) is 46.8 Å². The summed E-state index contributed by atoms with van der Waals surface area (Å²) in [5.74, 6) is -1.34. The average Bonchev–Trinajstić information content (AvgIpc) is 3.14. The first-order chi connectivity index (χ1) is 13.5. The van der Waals surface area contributed by atoms with Gasteiger partial charge in [0, 0.05) is 29.8 Å². The second-order valence-corrected chi connectivity index (χ2v) is 7.05. The van der Waals surface area contributed by atoms with Gasteiger partial charge in [0.1, 0.15) is 0 Å². The van der Waals surface area contributed by atoms with E-state index in [1.54, 1.807) is 0 Å². The Kier molecular flexibility index (Phi) is 6.44. The smallest absolute Gasteiger partial charge is 0.269 e. The Hall–Kier alpha value is -3.13. The average molecular weight is 396 g/mol. The van der Waals surface area contributed by atoms with Crippen molar-refractivity contribution < 1.29 is 14.4 Å². The van der Waals surface area contributed by atoms with Crippen LogP contribution in [0, 0.1) is 5.92 Å². The van der Waals surface area contributed by atoms with Crippen molar-refractivity contribution >= 4 is 46.1 Å². The van der Waals surface area contributed by atoms with Gasteiger partial charge in [0.15, 0.2) is 5.13 Å². The highest BCUT2D eigenvalue weighted by Crippen LogP contribution is 2.19. The van der Waals surface area contributed by atoms with Gasteiger partial charge in [-0.15, -0.1) is 11.3 Å². The zero-order valence-corrected chi connectivity index (χ0v) is 16.2. The molecule has 2 heterocycles. The van der Waals surface area contributed by atoms with E-state index in [2.05, 4.69) is 20.6 Å². The van der Waals surface area contributed by atoms with Crippen molar-refractivity contribution in [1.29, 1.82) is 0 Å². The molecule has 0 radical (unpaired) electrons. The second-order valence-electron chi connectivity index (χ2n) is 6.19. The molecular weight excluding hydrogens is 376 g/mol. The Bertz CT molecular complexity index is 932. The third-order valence-electron chi connectivity index (χ3n) is 4.17. The third-order valence-corrected chi connectivity index (χ3v) is 4.98. The number of aliphatic imine (C=N–C) groups is 1. The Labute approximate surface area is 166 Å². The van der Waals surface area contributed by atoms with Gasteiger partial charge in [-0.05, 0) is 24.5 Å². The highest BCUT2D eigenvalue weighted by Gasteiger charge is 2.18. The normalized spacial score (nSPS) is 15.5. The van der Waals surface area contributed by atoms with Gasteiger partial charge >= 0.3 is 0 Å². The molecule has 144 valence electrons. The van der Waals surface area contributed by atoms with Crippen LogP contribution in [0.4, 0.5) is 10.8 Å². The van der Waals surface area contributed by atoms with E-state index in [0.717, 1.165) is 23.4 Å². The highest BCUT2D eigenvalue weighted by atomic mass is 32.1. The van der Waals surface area contributed by atoms with Gasteiger partial charge in [0.25, 0.3) is 5.91 Å². The van der Waals surface area contributed by atoms with Gasteiger partial charge in [0.05, 0.1) is 11.6 Å². The van der Waals surface area contributed by atoms with Gasteiger partial charge < -0.3 is 10.6 Å². The van der Waals surface area contributed by atoms with E-state index in [1.165, 1.54) is 29.7 Å². The lowest BCUT2D eigenvalue weighted by molar-refractivity contribution is -0.117. The summed E-state index contributed by atoms with van der Waals surface area (Å²) in [5.41, 5.74) is 2.67. The molecule has 1 aromatic heterocycles. The first kappa shape index (κ1) is 19.6. The molecule has 0 fully saturated rings. The molecule has 0 aliphatic carbocycles. The lowest BCUT2D eigenvalue weighted by Crippen LogP contribution is -2.24. The van der Waals surface area contributed by atoms with Gasteiger partial charge in [-0.1, -0.05) is 31.2 Å². The van der Waals surface area contributed by atoms with Gasteiger partial charge in [0.2, 0.25) is 11.8 Å². The number of aryl methyl sites for hydroxylation is 2. The quantitative estimate of drug-likeness (QED) is 0.751. The fourth-order valence-electron chi connectivity index (χ4n) is 2.66. The highest BCUT2D eigenvalue weighted by molar-refractivity contribution is 7.13. The number of benzene rings is 1. The van der Waals surface area contributed by atoms with Crippen LogP contribution in [0.2, 0.25) is 0 Å². The zero-order valence-electron chi connectivity index (χ0n) is 15.3. The van der Waals surface area contributed by atoms with E-state index in [1.807, 2.05) is 36.6 Å². The molecule has 3 rings (SSSR count). The number of anilines is 2. The minimum absolute atomic E-state index is 0.0762. The maximum atomic E-state index is 12.2. The largest absolute Gasteiger partial charge is 0.326 e. The number of hydrogen-bond acceptors (Lipinski definition) is 5. The molecule has 1 aromatic carbocycles. The zero-order chi connectivity index (χ0) is 19.9. The van der Waals surface area contributed by atoms with Crippen molar-refractivity contribution in [2.24, 2.45) is 10.9 Å². The first-order valence-electron chi connectivity index (χ1n) is 8.94. The fraction of sp³-hybridized carbons (Fsp3) is 0.250. The lowest BCUT2D eigenvalue weighted by atomic mass is 10.1. The molecular formula is C20H20N4O3S. The van der Waals surface area contributed by atoms with E-state index in [4.69, 9.17) is 0 Å². The third kappa shape index (κ3) is 5.20. The molecule has 2 aromatic rings. The number of para-hydroxylation sites is 1. The number of nitrogens with zero attached hydrogens (tertiary/aromatic N) is 2. The number of carbonyl (C=O) groups is 3. The SMILES string of the molecule is CCc1ccccc1NC(=O)CCc1csc(NC(=O)C2C=CC(=O)N=C2)n1. The van der Waals surface area contributed by atoms with Crippen molar-refractivity contribution in [1.82, 2.24) is 4.98 Å². The van der Waals surface area contributed by atoms with E-state index in [9.17, 15) is 14.4 Å². The lowest BCUT2D eigenvalue weighted by Gasteiger charge is -2.09. The maximum Gasteiger partial charge on any atom is 0.269 e. The van der Waals surface area contributed by atoms with E-state index < -0.39 is 5.92 Å². The summed E-state index contributed by atoms with van der Waals surface area (Å²) in [6, 6.07) is 7.73. The van der Waals surface area contributed by atoms with Crippen molar-refractivity contribution in [2.75, 3.05) is 10.6 Å². The minimum Gasteiger partial charge on any atom is -0.326 e. The number of hydrogen-bond donors (Lipinski definition) is 2. The van der Waals surface area contributed by atoms with Crippen molar-refractivity contribution in [3.8, 4) is 0 Å². The molecule has 0 saturated carbocycles. The van der Waals surface area contributed by atoms with Gasteiger partial charge in [-0.25, -0.2) is 9.98 Å². The standard InChI is InChI=1S/C20H20N4O3S/c1-2-13-5-3-4-6-16(13)23-18(26)10-8-15-12-28-20(22-15)24-19(27)14-7-9-17(25)21-11-14/h3-7,9,11-12,14H,2,8,10H2,1H3,(H,23,26)(H,22,24,27). The molecule has 7 nitrogen and oxygen atoms in total. The number of amides is 3. The summed E-state index contributed by atoms with van der Waals surface area (Å²) < 4.78 is 0. The molecule has 2 N–H and O–H groups in total. The summed E-state index contributed by atoms with van der Waals surface area (Å²) in [6.07, 6.45) is 5.71. The van der Waals surface area contributed by atoms with Crippen LogP contribution < -0.4 is 10.6 Å². The van der Waals surface area contributed by atoms with E-state index >= 15 is 0 Å². The number of aromatic nitrogens is 1. The van der Waals surface area contributed by atoms with Crippen LogP contribution in [0.1, 0.15) is 24.6 Å². The number of nitrogens with one attached hydrogen (secondary N) is 2. The molecule has 0 bridgehead atoms. The molecule has 1 atom stereocenters. The van der Waals surface area contributed by atoms with E-state index in [-0.39, 0.29) is 17.7 Å². The molecule has 0 spiro atoms. The van der Waals surface area contributed by atoms with Crippen molar-refractivity contribution in [3.05, 3.63) is 53.1 Å². The first-order valence-corrected chi connectivity index (χ1v) is 9.82. The van der Waals surface area contributed by atoms with E-state index in [0.29, 0.717) is 18.0 Å². The van der Waals surface area contributed by atoms with Crippen LogP contribution in [0.25, 0.3) is 0 Å². The number of rotatable bonds is 7. The van der Waals surface area contributed by atoms with Crippen LogP contribution in [-0.4, -0.2) is 28.9 Å². The van der Waals surface area contributed by atoms with Crippen LogP contribution in [0.5, 0.6) is 0 Å². The Balaban J connectivity index is 1.50. The molecule has 1 unspecified atom stereocenters. The van der Waals surface area contributed by atoms with Crippen LogP contribution in [-0.2, 0) is 27.2 Å². The minimum atomic E-state index is -0.588. The van der Waals surface area contributed by atoms with Gasteiger partial charge in [-0.2, -0.15) is 0 Å². The number of carbonyl (C=O) groups excluding carboxylic acids is 3. The molecule has 1 aliphatic rings. The monoisotopic (exact) mass is 396 g/mol. The summed E-state index contributed by atoms with van der Waals surface area (Å²) in [6.45, 7) is 2.04. The van der Waals surface area contributed by atoms with Gasteiger partial charge in [-0.3, -0.25) is 14.4 Å². The van der Waals surface area contributed by atoms with Crippen LogP contribution >= 0.6 is 11.3 Å². The number of thiazole rings is 1. The summed E-state index contributed by atoms with van der Waals surface area (Å²) in [5, 5.41) is 7.91. The predicted octanol–water partition coefficient (Wildman–Crippen LogP) is 3.00. The summed E-state index contributed by atoms with van der Waals surface area (Å²) in [4.78, 5) is 43.3. The Morgan fingerprint density at radius 3 is 2.79 bits per heavy atom. The molecule has 0 saturated heterocycles. The Morgan fingerprint density at radius 1 is 1.21 bits per heavy atom. The molecule has 1 aliphatic heterocycles. The number of dihydropyridines is 1. The maximum absolute atomic E-state index is 12.2. The molecule has 3 amide bonds. The Morgan fingerprint density at radius 2 is 2.04 bits per heavy atom. The molecule has 28 heavy (non-hydrogen) atoms. The van der Waals surface area contributed by atoms with Crippen LogP contribution in [0.3, 0.4) is 0 Å². The van der Waals surface area contributed by atoms with Crippen molar-refractivity contribution in [2.45, 2.75) is 26.2 Å².